The maximum atomic E-state index is 5.77. The van der Waals surface area contributed by atoms with Crippen molar-refractivity contribution in [2.24, 2.45) is 0 Å². The van der Waals surface area contributed by atoms with E-state index in [1.807, 2.05) is 0 Å². The Balaban J connectivity index is 3.03. The van der Waals surface area contributed by atoms with Crippen LogP contribution in [0.2, 0.25) is 0 Å². The topological polar surface area (TPSA) is 12.5 Å². The zero-order valence-electron chi connectivity index (χ0n) is 18.7. The van der Waals surface area contributed by atoms with Gasteiger partial charge in [-0.3, -0.25) is 0 Å². The molecule has 0 aromatic carbocycles. The van der Waals surface area contributed by atoms with E-state index in [1.165, 1.54) is 122 Å². The molecule has 0 saturated heterocycles. The van der Waals surface area contributed by atoms with Gasteiger partial charge < -0.3 is 9.64 Å². The van der Waals surface area contributed by atoms with Gasteiger partial charge in [-0.05, 0) is 38.9 Å². The summed E-state index contributed by atoms with van der Waals surface area (Å²) in [5, 5.41) is 0. The Hall–Kier alpha value is -0.0800. The van der Waals surface area contributed by atoms with Gasteiger partial charge in [-0.1, -0.05) is 104 Å². The predicted molar refractivity (Wildman–Crippen MR) is 118 cm³/mol. The highest BCUT2D eigenvalue weighted by molar-refractivity contribution is 4.52. The molecular weight excluding hydrogens is 318 g/mol. The van der Waals surface area contributed by atoms with Crippen LogP contribution in [0.15, 0.2) is 0 Å². The third-order valence-electron chi connectivity index (χ3n) is 5.55. The van der Waals surface area contributed by atoms with Crippen molar-refractivity contribution in [3.63, 3.8) is 0 Å². The van der Waals surface area contributed by atoms with Gasteiger partial charge in [0.2, 0.25) is 0 Å². The summed E-state index contributed by atoms with van der Waals surface area (Å²) in [6, 6.07) is 0. The summed E-state index contributed by atoms with van der Waals surface area (Å²) >= 11 is 0. The largest absolute Gasteiger partial charge is 0.381 e. The molecule has 0 aliphatic carbocycles. The predicted octanol–water partition coefficient (Wildman–Crippen LogP) is 7.61. The van der Waals surface area contributed by atoms with Gasteiger partial charge in [0.25, 0.3) is 0 Å². The summed E-state index contributed by atoms with van der Waals surface area (Å²) in [6.45, 7) is 12.3. The molecular formula is C24H51NO. The van der Waals surface area contributed by atoms with E-state index in [2.05, 4.69) is 25.7 Å². The fraction of sp³-hybridized carbons (Fsp3) is 1.00. The molecule has 0 aliphatic rings. The molecule has 0 fully saturated rings. The third kappa shape index (κ3) is 20.2. The summed E-state index contributed by atoms with van der Waals surface area (Å²) in [5.41, 5.74) is 0. The first-order valence-electron chi connectivity index (χ1n) is 12.1. The SMILES string of the molecule is CCCCCCCCCCCCCCCCOCCCCN(CC)CC. The minimum Gasteiger partial charge on any atom is -0.381 e. The first kappa shape index (κ1) is 25.9. The van der Waals surface area contributed by atoms with Gasteiger partial charge in [0.15, 0.2) is 0 Å². The molecule has 0 atom stereocenters. The molecule has 0 aliphatic heterocycles. The smallest absolute Gasteiger partial charge is 0.0466 e. The molecule has 0 heterocycles. The van der Waals surface area contributed by atoms with Gasteiger partial charge in [-0.25, -0.2) is 0 Å². The molecule has 26 heavy (non-hydrogen) atoms. The fourth-order valence-electron chi connectivity index (χ4n) is 3.58. The lowest BCUT2D eigenvalue weighted by Crippen LogP contribution is -2.24. The second kappa shape index (κ2) is 23.0. The lowest BCUT2D eigenvalue weighted by molar-refractivity contribution is 0.123. The molecule has 0 saturated carbocycles. The Labute approximate surface area is 166 Å². The molecule has 2 heteroatoms. The normalized spacial score (nSPS) is 11.5. The van der Waals surface area contributed by atoms with Crippen molar-refractivity contribution in [1.82, 2.24) is 4.90 Å². The maximum absolute atomic E-state index is 5.77. The molecule has 0 spiro atoms. The molecule has 0 unspecified atom stereocenters. The highest BCUT2D eigenvalue weighted by atomic mass is 16.5. The van der Waals surface area contributed by atoms with Gasteiger partial charge in [-0.2, -0.15) is 0 Å². The number of unbranched alkanes of at least 4 members (excludes halogenated alkanes) is 14. The Morgan fingerprint density at radius 3 is 1.27 bits per heavy atom. The molecule has 0 aromatic heterocycles. The van der Waals surface area contributed by atoms with Crippen molar-refractivity contribution in [2.45, 2.75) is 124 Å². The number of hydrogen-bond acceptors (Lipinski definition) is 2. The van der Waals surface area contributed by atoms with Gasteiger partial charge >= 0.3 is 0 Å². The molecule has 0 rings (SSSR count). The van der Waals surface area contributed by atoms with Gasteiger partial charge in [-0.15, -0.1) is 0 Å². The zero-order valence-corrected chi connectivity index (χ0v) is 18.7. The second-order valence-corrected chi connectivity index (χ2v) is 7.94. The molecule has 0 N–H and O–H groups in total. The van der Waals surface area contributed by atoms with Crippen LogP contribution in [0.5, 0.6) is 0 Å². The van der Waals surface area contributed by atoms with E-state index in [0.717, 1.165) is 13.2 Å². The molecule has 0 amide bonds. The van der Waals surface area contributed by atoms with Crippen LogP contribution in [0.3, 0.4) is 0 Å². The second-order valence-electron chi connectivity index (χ2n) is 7.94. The van der Waals surface area contributed by atoms with E-state index in [0.29, 0.717) is 0 Å². The van der Waals surface area contributed by atoms with Gasteiger partial charge in [0.05, 0.1) is 0 Å². The first-order chi connectivity index (χ1) is 12.8. The van der Waals surface area contributed by atoms with E-state index in [9.17, 15) is 0 Å². The van der Waals surface area contributed by atoms with Crippen LogP contribution in [0, 0.1) is 0 Å². The summed E-state index contributed by atoms with van der Waals surface area (Å²) in [6.07, 6.45) is 22.4. The average molecular weight is 370 g/mol. The van der Waals surface area contributed by atoms with E-state index in [-0.39, 0.29) is 0 Å². The van der Waals surface area contributed by atoms with Crippen LogP contribution < -0.4 is 0 Å². The molecule has 158 valence electrons. The molecule has 0 radical (unpaired) electrons. The summed E-state index contributed by atoms with van der Waals surface area (Å²) in [7, 11) is 0. The van der Waals surface area contributed by atoms with Crippen molar-refractivity contribution in [2.75, 3.05) is 32.8 Å². The van der Waals surface area contributed by atoms with Crippen LogP contribution in [-0.2, 0) is 4.74 Å². The van der Waals surface area contributed by atoms with Crippen LogP contribution in [0.4, 0.5) is 0 Å². The number of ether oxygens (including phenoxy) is 1. The van der Waals surface area contributed by atoms with Crippen molar-refractivity contribution < 1.29 is 4.74 Å². The highest BCUT2D eigenvalue weighted by Crippen LogP contribution is 2.12. The van der Waals surface area contributed by atoms with Crippen LogP contribution >= 0.6 is 0 Å². The first-order valence-corrected chi connectivity index (χ1v) is 12.1. The standard InChI is InChI=1S/C24H51NO/c1-4-7-8-9-10-11-12-13-14-15-16-17-18-20-23-26-24-21-19-22-25(5-2)6-3/h4-24H2,1-3H3. The van der Waals surface area contributed by atoms with Crippen molar-refractivity contribution in [1.29, 1.82) is 0 Å². The Morgan fingerprint density at radius 1 is 0.462 bits per heavy atom. The minimum absolute atomic E-state index is 0.958. The number of nitrogens with zero attached hydrogens (tertiary/aromatic N) is 1. The molecule has 0 aromatic rings. The minimum atomic E-state index is 0.958. The molecule has 0 bridgehead atoms. The summed E-state index contributed by atoms with van der Waals surface area (Å²) in [5.74, 6) is 0. The Morgan fingerprint density at radius 2 is 0.846 bits per heavy atom. The Kier molecular flexibility index (Phi) is 22.9. The van der Waals surface area contributed by atoms with Gasteiger partial charge in [0.1, 0.15) is 0 Å². The van der Waals surface area contributed by atoms with E-state index in [4.69, 9.17) is 4.74 Å². The van der Waals surface area contributed by atoms with Crippen LogP contribution in [-0.4, -0.2) is 37.7 Å². The van der Waals surface area contributed by atoms with E-state index < -0.39 is 0 Å². The monoisotopic (exact) mass is 369 g/mol. The number of rotatable bonds is 22. The average Bonchev–Trinajstić information content (AvgIpc) is 2.66. The Bertz CT molecular complexity index is 240. The van der Waals surface area contributed by atoms with Crippen molar-refractivity contribution in [3.8, 4) is 0 Å². The van der Waals surface area contributed by atoms with Crippen molar-refractivity contribution >= 4 is 0 Å². The quantitative estimate of drug-likeness (QED) is 0.182. The van der Waals surface area contributed by atoms with Crippen LogP contribution in [0.25, 0.3) is 0 Å². The van der Waals surface area contributed by atoms with E-state index >= 15 is 0 Å². The lowest BCUT2D eigenvalue weighted by Gasteiger charge is -2.17. The number of hydrogen-bond donors (Lipinski definition) is 0. The summed E-state index contributed by atoms with van der Waals surface area (Å²) < 4.78 is 5.77. The highest BCUT2D eigenvalue weighted by Gasteiger charge is 1.98. The maximum Gasteiger partial charge on any atom is 0.0466 e. The zero-order chi connectivity index (χ0) is 19.1. The van der Waals surface area contributed by atoms with Gasteiger partial charge in [0, 0.05) is 13.2 Å². The van der Waals surface area contributed by atoms with E-state index in [1.54, 1.807) is 0 Å². The summed E-state index contributed by atoms with van der Waals surface area (Å²) in [4.78, 5) is 2.49. The third-order valence-corrected chi connectivity index (χ3v) is 5.55. The lowest BCUT2D eigenvalue weighted by atomic mass is 10.0. The van der Waals surface area contributed by atoms with Crippen LogP contribution in [0.1, 0.15) is 124 Å². The fourth-order valence-corrected chi connectivity index (χ4v) is 3.58. The van der Waals surface area contributed by atoms with Crippen molar-refractivity contribution in [3.05, 3.63) is 0 Å². The molecule has 2 nitrogen and oxygen atoms in total.